The molecule has 0 bridgehead atoms. The second kappa shape index (κ2) is 17.6. The first-order chi connectivity index (χ1) is 23.4. The van der Waals surface area contributed by atoms with E-state index in [-0.39, 0.29) is 43.3 Å². The number of allylic oxidation sites excluding steroid dienone is 2. The van der Waals surface area contributed by atoms with Crippen LogP contribution in [0.2, 0.25) is 0 Å². The highest BCUT2D eigenvalue weighted by molar-refractivity contribution is 5.86. The predicted molar refractivity (Wildman–Crippen MR) is 185 cm³/mol. The minimum Gasteiger partial charge on any atom is -0.489 e. The SMILES string of the molecule is O=C(CC1CC=CCCC(Cc2ccccc2)C(=O)OCC(Cc2ccc(OCc3ccccc3)cc2)NC1=O)NC1(CO)CCCC1. The van der Waals surface area contributed by atoms with Crippen LogP contribution in [0, 0.1) is 11.8 Å². The second-order valence-corrected chi connectivity index (χ2v) is 13.2. The summed E-state index contributed by atoms with van der Waals surface area (Å²) in [7, 11) is 0. The predicted octanol–water partition coefficient (Wildman–Crippen LogP) is 5.86. The third kappa shape index (κ3) is 10.5. The number of cyclic esters (lactones) is 1. The monoisotopic (exact) mass is 652 g/mol. The van der Waals surface area contributed by atoms with Gasteiger partial charge in [0.25, 0.3) is 0 Å². The van der Waals surface area contributed by atoms with E-state index in [1.807, 2.05) is 97.1 Å². The Bertz CT molecular complexity index is 1490. The van der Waals surface area contributed by atoms with Crippen LogP contribution in [0.3, 0.4) is 0 Å². The Morgan fingerprint density at radius 3 is 2.21 bits per heavy atom. The van der Waals surface area contributed by atoms with E-state index in [0.29, 0.717) is 38.7 Å². The summed E-state index contributed by atoms with van der Waals surface area (Å²) < 4.78 is 11.9. The highest BCUT2D eigenvalue weighted by atomic mass is 16.5. The van der Waals surface area contributed by atoms with Crippen LogP contribution in [-0.2, 0) is 38.6 Å². The van der Waals surface area contributed by atoms with Crippen LogP contribution in [0.5, 0.6) is 5.75 Å². The molecular weight excluding hydrogens is 604 g/mol. The molecule has 48 heavy (non-hydrogen) atoms. The maximum Gasteiger partial charge on any atom is 0.309 e. The lowest BCUT2D eigenvalue weighted by atomic mass is 9.94. The highest BCUT2D eigenvalue weighted by Gasteiger charge is 2.36. The van der Waals surface area contributed by atoms with Gasteiger partial charge in [0.1, 0.15) is 19.0 Å². The number of carbonyl (C=O) groups excluding carboxylic acids is 3. The van der Waals surface area contributed by atoms with Crippen LogP contribution in [0.25, 0.3) is 0 Å². The number of hydrogen-bond acceptors (Lipinski definition) is 6. The lowest BCUT2D eigenvalue weighted by Gasteiger charge is -2.29. The number of rotatable bonds is 11. The molecule has 3 aromatic rings. The molecule has 1 fully saturated rings. The molecule has 1 aliphatic carbocycles. The average molecular weight is 653 g/mol. The van der Waals surface area contributed by atoms with Crippen LogP contribution >= 0.6 is 0 Å². The summed E-state index contributed by atoms with van der Waals surface area (Å²) in [4.78, 5) is 40.4. The molecule has 0 spiro atoms. The van der Waals surface area contributed by atoms with E-state index in [4.69, 9.17) is 9.47 Å². The molecule has 5 rings (SSSR count). The highest BCUT2D eigenvalue weighted by Crippen LogP contribution is 2.29. The minimum atomic E-state index is -0.605. The van der Waals surface area contributed by atoms with Gasteiger partial charge < -0.3 is 25.2 Å². The van der Waals surface area contributed by atoms with E-state index < -0.39 is 17.5 Å². The Labute approximate surface area is 283 Å². The van der Waals surface area contributed by atoms with Crippen LogP contribution < -0.4 is 15.4 Å². The molecule has 8 heteroatoms. The molecule has 1 heterocycles. The molecule has 1 saturated carbocycles. The van der Waals surface area contributed by atoms with Crippen molar-refractivity contribution in [2.45, 2.75) is 82.4 Å². The normalized spacial score (nSPS) is 21.6. The van der Waals surface area contributed by atoms with Crippen molar-refractivity contribution in [3.05, 3.63) is 114 Å². The molecule has 0 saturated heterocycles. The molecule has 3 atom stereocenters. The van der Waals surface area contributed by atoms with Gasteiger partial charge in [-0.1, -0.05) is 97.8 Å². The van der Waals surface area contributed by atoms with E-state index in [1.54, 1.807) is 0 Å². The fourth-order valence-corrected chi connectivity index (χ4v) is 6.62. The van der Waals surface area contributed by atoms with Gasteiger partial charge in [0, 0.05) is 6.42 Å². The third-order valence-electron chi connectivity index (χ3n) is 9.42. The number of benzene rings is 3. The van der Waals surface area contributed by atoms with Crippen molar-refractivity contribution < 1.29 is 29.0 Å². The summed E-state index contributed by atoms with van der Waals surface area (Å²) in [5, 5.41) is 16.2. The van der Waals surface area contributed by atoms with Gasteiger partial charge in [-0.2, -0.15) is 0 Å². The lowest BCUT2D eigenvalue weighted by Crippen LogP contribution is -2.50. The number of carbonyl (C=O) groups is 3. The first-order valence-corrected chi connectivity index (χ1v) is 17.2. The zero-order valence-electron chi connectivity index (χ0n) is 27.7. The number of nitrogens with one attached hydrogen (secondary N) is 2. The van der Waals surface area contributed by atoms with Crippen LogP contribution in [-0.4, -0.2) is 47.7 Å². The lowest BCUT2D eigenvalue weighted by molar-refractivity contribution is -0.150. The van der Waals surface area contributed by atoms with Crippen molar-refractivity contribution in [3.8, 4) is 5.75 Å². The van der Waals surface area contributed by atoms with Gasteiger partial charge in [0.05, 0.1) is 30.0 Å². The van der Waals surface area contributed by atoms with E-state index in [9.17, 15) is 19.5 Å². The molecule has 0 radical (unpaired) electrons. The van der Waals surface area contributed by atoms with Gasteiger partial charge >= 0.3 is 5.97 Å². The summed E-state index contributed by atoms with van der Waals surface area (Å²) in [6, 6.07) is 27.1. The zero-order chi connectivity index (χ0) is 33.6. The number of esters is 1. The standard InChI is InChI=1S/C40H48N2O6/c43-29-40(22-10-11-23-40)42-37(44)26-33-16-8-3-9-17-34(24-30-12-4-1-5-13-30)39(46)48-28-35(41-38(33)45)25-31-18-20-36(21-19-31)47-27-32-14-6-2-7-15-32/h1-8,12-15,18-21,33-35,43H,9-11,16-17,22-29H2,(H,41,45)(H,42,44). The molecule has 254 valence electrons. The van der Waals surface area contributed by atoms with Crippen molar-refractivity contribution in [1.82, 2.24) is 10.6 Å². The molecule has 3 unspecified atom stereocenters. The van der Waals surface area contributed by atoms with Gasteiger partial charge in [0.2, 0.25) is 11.8 Å². The molecule has 1 aliphatic heterocycles. The topological polar surface area (TPSA) is 114 Å². The molecule has 2 amide bonds. The fourth-order valence-electron chi connectivity index (χ4n) is 6.62. The molecule has 8 nitrogen and oxygen atoms in total. The van der Waals surface area contributed by atoms with Crippen molar-refractivity contribution in [2.75, 3.05) is 13.2 Å². The first-order valence-electron chi connectivity index (χ1n) is 17.2. The Hall–Kier alpha value is -4.43. The van der Waals surface area contributed by atoms with Gasteiger partial charge in [-0.05, 0) is 73.8 Å². The molecule has 2 aliphatic rings. The Balaban J connectivity index is 1.29. The van der Waals surface area contributed by atoms with Gasteiger partial charge in [-0.25, -0.2) is 0 Å². The smallest absolute Gasteiger partial charge is 0.309 e. The van der Waals surface area contributed by atoms with E-state index in [2.05, 4.69) is 10.6 Å². The zero-order valence-corrected chi connectivity index (χ0v) is 27.7. The number of amides is 2. The number of hydrogen-bond donors (Lipinski definition) is 3. The van der Waals surface area contributed by atoms with Crippen LogP contribution in [0.15, 0.2) is 97.1 Å². The van der Waals surface area contributed by atoms with Crippen LogP contribution in [0.1, 0.15) is 68.1 Å². The van der Waals surface area contributed by atoms with Crippen molar-refractivity contribution in [2.24, 2.45) is 11.8 Å². The fraction of sp³-hybridized carbons (Fsp3) is 0.425. The number of aliphatic hydroxyl groups is 1. The Kier molecular flexibility index (Phi) is 12.8. The second-order valence-electron chi connectivity index (χ2n) is 13.2. The van der Waals surface area contributed by atoms with Crippen molar-refractivity contribution in [1.29, 1.82) is 0 Å². The van der Waals surface area contributed by atoms with E-state index in [1.165, 1.54) is 0 Å². The quantitative estimate of drug-likeness (QED) is 0.177. The summed E-state index contributed by atoms with van der Waals surface area (Å²) in [6.45, 7) is 0.368. The number of ether oxygens (including phenoxy) is 2. The summed E-state index contributed by atoms with van der Waals surface area (Å²) in [5.74, 6) is -0.970. The van der Waals surface area contributed by atoms with Gasteiger partial charge in [-0.15, -0.1) is 0 Å². The van der Waals surface area contributed by atoms with Crippen LogP contribution in [0.4, 0.5) is 0 Å². The Morgan fingerprint density at radius 2 is 1.52 bits per heavy atom. The Morgan fingerprint density at radius 1 is 0.854 bits per heavy atom. The average Bonchev–Trinajstić information content (AvgIpc) is 3.58. The van der Waals surface area contributed by atoms with Gasteiger partial charge in [0.15, 0.2) is 0 Å². The summed E-state index contributed by atoms with van der Waals surface area (Å²) >= 11 is 0. The van der Waals surface area contributed by atoms with E-state index >= 15 is 0 Å². The molecule has 3 N–H and O–H groups in total. The van der Waals surface area contributed by atoms with Crippen molar-refractivity contribution >= 4 is 17.8 Å². The molecular formula is C40H48N2O6. The third-order valence-corrected chi connectivity index (χ3v) is 9.42. The van der Waals surface area contributed by atoms with E-state index in [0.717, 1.165) is 48.1 Å². The molecule has 0 aromatic heterocycles. The molecule has 3 aromatic carbocycles. The summed E-state index contributed by atoms with van der Waals surface area (Å²) in [5.41, 5.74) is 2.50. The van der Waals surface area contributed by atoms with Gasteiger partial charge in [-0.3, -0.25) is 14.4 Å². The first kappa shape index (κ1) is 34.9. The maximum atomic E-state index is 13.8. The number of aliphatic hydroxyl groups excluding tert-OH is 1. The minimum absolute atomic E-state index is 0.00845. The summed E-state index contributed by atoms with van der Waals surface area (Å²) in [6.07, 6.45) is 10.0. The maximum absolute atomic E-state index is 13.8. The largest absolute Gasteiger partial charge is 0.489 e. The van der Waals surface area contributed by atoms with Crippen molar-refractivity contribution in [3.63, 3.8) is 0 Å².